The van der Waals surface area contributed by atoms with Gasteiger partial charge in [0.25, 0.3) is 0 Å². The molecule has 0 aromatic heterocycles. The second-order valence-electron chi connectivity index (χ2n) is 2.00. The summed E-state index contributed by atoms with van der Waals surface area (Å²) in [6, 6.07) is 6.99. The van der Waals surface area contributed by atoms with Gasteiger partial charge in [-0.15, -0.1) is 5.75 Å². The Morgan fingerprint density at radius 3 is 2.50 bits per heavy atom. The van der Waals surface area contributed by atoms with Crippen molar-refractivity contribution in [3.8, 4) is 5.75 Å². The van der Waals surface area contributed by atoms with Gasteiger partial charge in [0.2, 0.25) is 0 Å². The molecule has 0 aliphatic heterocycles. The van der Waals surface area contributed by atoms with Gasteiger partial charge in [0.15, 0.2) is 0 Å². The summed E-state index contributed by atoms with van der Waals surface area (Å²) in [6.07, 6.45) is 0.941. The van der Waals surface area contributed by atoms with Crippen molar-refractivity contribution in [3.63, 3.8) is 0 Å². The Hall–Kier alpha value is -0.383. The molecule has 0 unspecified atom stereocenters. The van der Waals surface area contributed by atoms with E-state index in [1.54, 1.807) is 18.2 Å². The Labute approximate surface area is 73.3 Å². The molecule has 10 heavy (non-hydrogen) atoms. The molecule has 0 bridgehead atoms. The Balaban J connectivity index is 0.000000810. The molecule has 1 nitrogen and oxygen atoms in total. The summed E-state index contributed by atoms with van der Waals surface area (Å²) in [4.78, 5) is 0. The molecule has 0 atom stereocenters. The van der Waals surface area contributed by atoms with Crippen LogP contribution in [0.5, 0.6) is 5.75 Å². The summed E-state index contributed by atoms with van der Waals surface area (Å²) in [5.41, 5.74) is 1.11. The molecule has 0 aliphatic carbocycles. The monoisotopic (exact) mass is 128 g/mol. The van der Waals surface area contributed by atoms with Crippen molar-refractivity contribution >= 4 is 0 Å². The van der Waals surface area contributed by atoms with Crippen molar-refractivity contribution < 1.29 is 24.0 Å². The fourth-order valence-corrected chi connectivity index (χ4v) is 0.765. The molecule has 0 N–H and O–H groups in total. The number of hydrogen-bond donors (Lipinski definition) is 0. The van der Waals surface area contributed by atoms with Gasteiger partial charge in [0.05, 0.1) is 0 Å². The molecule has 0 spiro atoms. The molecule has 0 fully saturated rings. The smallest absolute Gasteiger partial charge is 0.872 e. The van der Waals surface area contributed by atoms with Crippen molar-refractivity contribution in [2.45, 2.75) is 13.3 Å². The molecule has 0 radical (unpaired) electrons. The van der Waals surface area contributed by atoms with Crippen LogP contribution in [0.1, 0.15) is 12.5 Å². The zero-order chi connectivity index (χ0) is 6.69. The summed E-state index contributed by atoms with van der Waals surface area (Å²) in [5.74, 6) is 0.106. The third-order valence-corrected chi connectivity index (χ3v) is 1.31. The van der Waals surface area contributed by atoms with Gasteiger partial charge >= 0.3 is 18.9 Å². The van der Waals surface area contributed by atoms with E-state index in [9.17, 15) is 5.11 Å². The third kappa shape index (κ3) is 2.47. The SMILES string of the molecule is CCc1cccc([O-])c1.[Li+]. The van der Waals surface area contributed by atoms with Gasteiger partial charge < -0.3 is 5.11 Å². The van der Waals surface area contributed by atoms with Crippen LogP contribution in [-0.2, 0) is 6.42 Å². The van der Waals surface area contributed by atoms with Crippen molar-refractivity contribution in [1.29, 1.82) is 0 Å². The van der Waals surface area contributed by atoms with Gasteiger partial charge in [-0.3, -0.25) is 0 Å². The molecule has 48 valence electrons. The maximum absolute atomic E-state index is 10.6. The Kier molecular flexibility index (Phi) is 4.27. The first-order chi connectivity index (χ1) is 4.33. The molecule has 1 aromatic carbocycles. The first kappa shape index (κ1) is 9.62. The van der Waals surface area contributed by atoms with Crippen LogP contribution in [0.25, 0.3) is 0 Å². The number of hydrogen-bond acceptors (Lipinski definition) is 1. The number of aryl methyl sites for hydroxylation is 1. The molecule has 2 heteroatoms. The average Bonchev–Trinajstić information content (AvgIpc) is 1.88. The normalized spacial score (nSPS) is 8.50. The summed E-state index contributed by atoms with van der Waals surface area (Å²) in [7, 11) is 0. The zero-order valence-corrected chi connectivity index (χ0v) is 6.42. The van der Waals surface area contributed by atoms with Gasteiger partial charge in [0, 0.05) is 0 Å². The maximum Gasteiger partial charge on any atom is 1.00 e. The van der Waals surface area contributed by atoms with E-state index in [0.29, 0.717) is 0 Å². The number of benzene rings is 1. The van der Waals surface area contributed by atoms with Gasteiger partial charge in [-0.1, -0.05) is 31.2 Å². The Morgan fingerprint density at radius 1 is 1.40 bits per heavy atom. The average molecular weight is 128 g/mol. The molecule has 0 amide bonds. The minimum absolute atomic E-state index is 0. The van der Waals surface area contributed by atoms with Crippen molar-refractivity contribution in [3.05, 3.63) is 29.8 Å². The van der Waals surface area contributed by atoms with Crippen LogP contribution in [0.15, 0.2) is 24.3 Å². The minimum atomic E-state index is 0. The first-order valence-corrected chi connectivity index (χ1v) is 3.09. The van der Waals surface area contributed by atoms with Crippen molar-refractivity contribution in [2.24, 2.45) is 0 Å². The predicted octanol–water partition coefficient (Wildman–Crippen LogP) is -1.67. The van der Waals surface area contributed by atoms with Gasteiger partial charge in [-0.25, -0.2) is 0 Å². The minimum Gasteiger partial charge on any atom is -0.872 e. The van der Waals surface area contributed by atoms with Crippen LogP contribution in [0.4, 0.5) is 0 Å². The van der Waals surface area contributed by atoms with E-state index in [1.165, 1.54) is 0 Å². The van der Waals surface area contributed by atoms with E-state index in [-0.39, 0.29) is 24.6 Å². The fraction of sp³-hybridized carbons (Fsp3) is 0.250. The van der Waals surface area contributed by atoms with E-state index in [2.05, 4.69) is 0 Å². The van der Waals surface area contributed by atoms with E-state index in [0.717, 1.165) is 12.0 Å². The summed E-state index contributed by atoms with van der Waals surface area (Å²) < 4.78 is 0. The Bertz CT molecular complexity index is 198. The second kappa shape index (κ2) is 4.44. The number of rotatable bonds is 1. The van der Waals surface area contributed by atoms with Crippen molar-refractivity contribution in [1.82, 2.24) is 0 Å². The molecule has 0 aliphatic rings. The molecule has 1 rings (SSSR count). The quantitative estimate of drug-likeness (QED) is 0.414. The van der Waals surface area contributed by atoms with E-state index in [1.807, 2.05) is 13.0 Å². The van der Waals surface area contributed by atoms with Crippen LogP contribution in [-0.4, -0.2) is 0 Å². The molecule has 0 saturated heterocycles. The van der Waals surface area contributed by atoms with Crippen LogP contribution in [0.2, 0.25) is 0 Å². The molecular formula is C8H9LiO. The second-order valence-corrected chi connectivity index (χ2v) is 2.00. The van der Waals surface area contributed by atoms with Gasteiger partial charge in [-0.05, 0) is 12.0 Å². The topological polar surface area (TPSA) is 23.1 Å². The molecule has 0 heterocycles. The third-order valence-electron chi connectivity index (χ3n) is 1.31. The van der Waals surface area contributed by atoms with Crippen LogP contribution < -0.4 is 24.0 Å². The molecule has 0 saturated carbocycles. The fourth-order valence-electron chi connectivity index (χ4n) is 0.765. The predicted molar refractivity (Wildman–Crippen MR) is 35.3 cm³/mol. The van der Waals surface area contributed by atoms with Crippen molar-refractivity contribution in [2.75, 3.05) is 0 Å². The molecule has 1 aromatic rings. The summed E-state index contributed by atoms with van der Waals surface area (Å²) in [5, 5.41) is 10.6. The van der Waals surface area contributed by atoms with Crippen LogP contribution in [0.3, 0.4) is 0 Å². The van der Waals surface area contributed by atoms with Crippen LogP contribution >= 0.6 is 0 Å². The zero-order valence-electron chi connectivity index (χ0n) is 6.42. The van der Waals surface area contributed by atoms with Gasteiger partial charge in [0.1, 0.15) is 0 Å². The van der Waals surface area contributed by atoms with E-state index < -0.39 is 0 Å². The largest absolute Gasteiger partial charge is 1.00 e. The summed E-state index contributed by atoms with van der Waals surface area (Å²) in [6.45, 7) is 2.04. The Morgan fingerprint density at radius 2 is 2.10 bits per heavy atom. The maximum atomic E-state index is 10.6. The standard InChI is InChI=1S/C8H10O.Li/c1-2-7-4-3-5-8(9)6-7;/h3-6,9H,2H2,1H3;/q;+1/p-1. The van der Waals surface area contributed by atoms with Gasteiger partial charge in [-0.2, -0.15) is 0 Å². The first-order valence-electron chi connectivity index (χ1n) is 3.09. The van der Waals surface area contributed by atoms with E-state index >= 15 is 0 Å². The molecular weight excluding hydrogens is 119 g/mol. The summed E-state index contributed by atoms with van der Waals surface area (Å²) >= 11 is 0. The van der Waals surface area contributed by atoms with E-state index in [4.69, 9.17) is 0 Å². The van der Waals surface area contributed by atoms with Crippen LogP contribution in [0, 0.1) is 0 Å².